The van der Waals surface area contributed by atoms with Crippen LogP contribution in [0.1, 0.15) is 16.7 Å². The minimum absolute atomic E-state index is 0.0345. The standard InChI is InChI=1S/C29H20Cl2N4O3/c1-16-10-11-18(12-22(16)31)35-24-15-38-27(36)25(24)29(20(13-32)26(35)33)19-7-3-5-9-23(19)34(28(29)37)14-17-6-2-4-8-21(17)30/h2-12H,14-15,33H2,1H3/t29-/m0/s1. The van der Waals surface area contributed by atoms with E-state index in [0.29, 0.717) is 32.7 Å². The van der Waals surface area contributed by atoms with E-state index in [1.807, 2.05) is 31.2 Å². The summed E-state index contributed by atoms with van der Waals surface area (Å²) in [5.74, 6) is -1.11. The molecule has 3 aliphatic rings. The third-order valence-electron chi connectivity index (χ3n) is 7.33. The van der Waals surface area contributed by atoms with Gasteiger partial charge in [-0.1, -0.05) is 65.7 Å². The van der Waals surface area contributed by atoms with Crippen molar-refractivity contribution in [3.05, 3.63) is 116 Å². The van der Waals surface area contributed by atoms with E-state index in [1.165, 1.54) is 0 Å². The van der Waals surface area contributed by atoms with Gasteiger partial charge in [0.2, 0.25) is 5.91 Å². The van der Waals surface area contributed by atoms with Gasteiger partial charge in [-0.2, -0.15) is 5.26 Å². The zero-order valence-electron chi connectivity index (χ0n) is 20.2. The molecule has 0 radical (unpaired) electrons. The lowest BCUT2D eigenvalue weighted by Crippen LogP contribution is -2.50. The van der Waals surface area contributed by atoms with Crippen LogP contribution in [0.25, 0.3) is 0 Å². The smallest absolute Gasteiger partial charge is 0.338 e. The molecule has 1 amide bonds. The molecule has 0 aliphatic carbocycles. The molecule has 0 bridgehead atoms. The molecular formula is C29H20Cl2N4O3. The average molecular weight is 543 g/mol. The number of carbonyl (C=O) groups is 2. The van der Waals surface area contributed by atoms with E-state index in [1.54, 1.807) is 52.3 Å². The Bertz CT molecular complexity index is 1670. The van der Waals surface area contributed by atoms with Gasteiger partial charge in [-0.15, -0.1) is 0 Å². The first-order valence-electron chi connectivity index (χ1n) is 11.8. The van der Waals surface area contributed by atoms with E-state index in [9.17, 15) is 14.9 Å². The van der Waals surface area contributed by atoms with E-state index in [-0.39, 0.29) is 30.1 Å². The number of ether oxygens (including phenoxy) is 1. The number of para-hydroxylation sites is 1. The molecule has 3 heterocycles. The van der Waals surface area contributed by atoms with Crippen LogP contribution in [0.4, 0.5) is 11.4 Å². The van der Waals surface area contributed by atoms with E-state index in [4.69, 9.17) is 33.7 Å². The second-order valence-electron chi connectivity index (χ2n) is 9.29. The van der Waals surface area contributed by atoms with Crippen molar-refractivity contribution >= 4 is 46.5 Å². The maximum atomic E-state index is 14.6. The zero-order valence-corrected chi connectivity index (χ0v) is 21.7. The molecule has 0 saturated carbocycles. The van der Waals surface area contributed by atoms with Crippen LogP contribution in [-0.2, 0) is 26.3 Å². The Balaban J connectivity index is 1.62. The van der Waals surface area contributed by atoms with Crippen molar-refractivity contribution in [2.45, 2.75) is 18.9 Å². The number of hydrogen-bond acceptors (Lipinski definition) is 6. The number of anilines is 2. The molecule has 0 unspecified atom stereocenters. The van der Waals surface area contributed by atoms with Crippen LogP contribution in [0.3, 0.4) is 0 Å². The number of hydrogen-bond donors (Lipinski definition) is 1. The molecule has 2 N–H and O–H groups in total. The van der Waals surface area contributed by atoms with Crippen LogP contribution in [0.15, 0.2) is 89.4 Å². The molecule has 188 valence electrons. The van der Waals surface area contributed by atoms with Gasteiger partial charge in [0, 0.05) is 27.0 Å². The van der Waals surface area contributed by atoms with Crippen LogP contribution in [0.2, 0.25) is 10.0 Å². The zero-order chi connectivity index (χ0) is 26.8. The number of fused-ring (bicyclic) bond motifs is 3. The second kappa shape index (κ2) is 8.66. The first-order valence-corrected chi connectivity index (χ1v) is 12.6. The molecule has 6 rings (SSSR count). The summed E-state index contributed by atoms with van der Waals surface area (Å²) in [6.45, 7) is 1.90. The predicted molar refractivity (Wildman–Crippen MR) is 144 cm³/mol. The van der Waals surface area contributed by atoms with Crippen molar-refractivity contribution in [3.63, 3.8) is 0 Å². The Morgan fingerprint density at radius 3 is 2.53 bits per heavy atom. The lowest BCUT2D eigenvalue weighted by molar-refractivity contribution is -0.137. The Morgan fingerprint density at radius 2 is 1.79 bits per heavy atom. The summed E-state index contributed by atoms with van der Waals surface area (Å²) in [5.41, 5.74) is 8.56. The van der Waals surface area contributed by atoms with Gasteiger partial charge in [-0.25, -0.2) is 4.79 Å². The molecule has 3 aliphatic heterocycles. The number of esters is 1. The summed E-state index contributed by atoms with van der Waals surface area (Å²) in [6, 6.07) is 21.8. The Morgan fingerprint density at radius 1 is 1.05 bits per heavy atom. The number of amides is 1. The lowest BCUT2D eigenvalue weighted by atomic mass is 9.67. The molecule has 7 nitrogen and oxygen atoms in total. The second-order valence-corrected chi connectivity index (χ2v) is 10.1. The summed E-state index contributed by atoms with van der Waals surface area (Å²) >= 11 is 12.8. The van der Waals surface area contributed by atoms with Crippen molar-refractivity contribution in [2.75, 3.05) is 16.4 Å². The third-order valence-corrected chi connectivity index (χ3v) is 8.10. The Kier molecular flexibility index (Phi) is 5.49. The van der Waals surface area contributed by atoms with Crippen molar-refractivity contribution in [3.8, 4) is 6.07 Å². The topological polar surface area (TPSA) is 99.7 Å². The van der Waals surface area contributed by atoms with Crippen LogP contribution in [0, 0.1) is 18.3 Å². The van der Waals surface area contributed by atoms with E-state index in [2.05, 4.69) is 6.07 Å². The quantitative estimate of drug-likeness (QED) is 0.461. The molecule has 3 aromatic carbocycles. The van der Waals surface area contributed by atoms with Crippen molar-refractivity contribution in [2.24, 2.45) is 5.73 Å². The fraction of sp³-hybridized carbons (Fsp3) is 0.138. The number of nitriles is 1. The van der Waals surface area contributed by atoms with Crippen LogP contribution < -0.4 is 15.5 Å². The SMILES string of the molecule is Cc1ccc(N2C(N)=C(C#N)[C@]3(C(=O)N(Cc4ccccc4Cl)c4ccccc43)C3=C2COC3=O)cc1Cl. The number of cyclic esters (lactones) is 1. The van der Waals surface area contributed by atoms with Crippen LogP contribution in [0.5, 0.6) is 0 Å². The summed E-state index contributed by atoms with van der Waals surface area (Å²) in [6.07, 6.45) is 0. The highest BCUT2D eigenvalue weighted by atomic mass is 35.5. The Hall–Kier alpha value is -4.25. The highest BCUT2D eigenvalue weighted by Crippen LogP contribution is 2.56. The minimum atomic E-state index is -1.76. The third kappa shape index (κ3) is 3.14. The van der Waals surface area contributed by atoms with Gasteiger partial charge >= 0.3 is 5.97 Å². The monoisotopic (exact) mass is 542 g/mol. The summed E-state index contributed by atoms with van der Waals surface area (Å²) in [4.78, 5) is 31.1. The molecule has 0 aromatic heterocycles. The summed E-state index contributed by atoms with van der Waals surface area (Å²) in [5, 5.41) is 11.5. The molecular weight excluding hydrogens is 523 g/mol. The summed E-state index contributed by atoms with van der Waals surface area (Å²) in [7, 11) is 0. The van der Waals surface area contributed by atoms with Crippen molar-refractivity contribution < 1.29 is 14.3 Å². The number of benzene rings is 3. The normalized spacial score (nSPS) is 20.2. The van der Waals surface area contributed by atoms with Gasteiger partial charge < -0.3 is 15.4 Å². The molecule has 3 aromatic rings. The fourth-order valence-electron chi connectivity index (χ4n) is 5.56. The lowest BCUT2D eigenvalue weighted by Gasteiger charge is -2.38. The van der Waals surface area contributed by atoms with Gasteiger partial charge in [0.1, 0.15) is 23.9 Å². The van der Waals surface area contributed by atoms with Gasteiger partial charge in [0.15, 0.2) is 0 Å². The van der Waals surface area contributed by atoms with Gasteiger partial charge in [0.05, 0.1) is 23.4 Å². The molecule has 0 saturated heterocycles. The van der Waals surface area contributed by atoms with Crippen LogP contribution >= 0.6 is 23.2 Å². The largest absolute Gasteiger partial charge is 0.456 e. The van der Waals surface area contributed by atoms with Gasteiger partial charge in [-0.3, -0.25) is 9.69 Å². The minimum Gasteiger partial charge on any atom is -0.456 e. The van der Waals surface area contributed by atoms with Crippen LogP contribution in [-0.4, -0.2) is 18.5 Å². The molecule has 1 atom stereocenters. The molecule has 1 spiro atoms. The van der Waals surface area contributed by atoms with E-state index >= 15 is 0 Å². The summed E-state index contributed by atoms with van der Waals surface area (Å²) < 4.78 is 5.50. The number of nitrogens with two attached hydrogens (primary N) is 1. The first-order chi connectivity index (χ1) is 18.3. The number of carbonyl (C=O) groups excluding carboxylic acids is 2. The maximum absolute atomic E-state index is 14.6. The number of nitrogens with zero attached hydrogens (tertiary/aromatic N) is 3. The molecule has 0 fully saturated rings. The van der Waals surface area contributed by atoms with Gasteiger partial charge in [0.25, 0.3) is 0 Å². The van der Waals surface area contributed by atoms with Crippen molar-refractivity contribution in [1.29, 1.82) is 5.26 Å². The van der Waals surface area contributed by atoms with E-state index < -0.39 is 17.3 Å². The Labute approximate surface area is 228 Å². The molecule has 9 heteroatoms. The number of rotatable bonds is 3. The first kappa shape index (κ1) is 24.1. The predicted octanol–water partition coefficient (Wildman–Crippen LogP) is 5.11. The van der Waals surface area contributed by atoms with Gasteiger partial charge in [-0.05, 0) is 42.3 Å². The van der Waals surface area contributed by atoms with E-state index in [0.717, 1.165) is 11.1 Å². The maximum Gasteiger partial charge on any atom is 0.338 e. The highest BCUT2D eigenvalue weighted by Gasteiger charge is 2.64. The fourth-order valence-corrected chi connectivity index (χ4v) is 5.93. The van der Waals surface area contributed by atoms with Crippen molar-refractivity contribution in [1.82, 2.24) is 0 Å². The number of halogens is 2. The highest BCUT2D eigenvalue weighted by molar-refractivity contribution is 6.32. The average Bonchev–Trinajstić information content (AvgIpc) is 3.40. The molecule has 38 heavy (non-hydrogen) atoms. The number of aryl methyl sites for hydroxylation is 1.